The molecule has 1 saturated heterocycles. The van der Waals surface area contributed by atoms with Crippen LogP contribution < -0.4 is 0 Å². The highest BCUT2D eigenvalue weighted by Crippen LogP contribution is 2.30. The molecule has 2 atom stereocenters. The Balaban J connectivity index is 1.95. The third-order valence-electron chi connectivity index (χ3n) is 3.36. The molecule has 1 amide bonds. The Hall–Kier alpha value is -1.59. The van der Waals surface area contributed by atoms with E-state index in [1.165, 1.54) is 0 Å². The molecule has 1 fully saturated rings. The third kappa shape index (κ3) is 3.45. The molecule has 19 heavy (non-hydrogen) atoms. The second-order valence-corrected chi connectivity index (χ2v) is 6.14. The van der Waals surface area contributed by atoms with Gasteiger partial charge in [-0.2, -0.15) is 15.4 Å². The van der Waals surface area contributed by atoms with Crippen LogP contribution in [0.2, 0.25) is 0 Å². The van der Waals surface area contributed by atoms with Gasteiger partial charge in [0.05, 0.1) is 11.9 Å². The van der Waals surface area contributed by atoms with Crippen LogP contribution in [0.1, 0.15) is 52.1 Å². The van der Waals surface area contributed by atoms with E-state index < -0.39 is 5.60 Å². The molecule has 0 spiro atoms. The molecule has 1 aliphatic heterocycles. The van der Waals surface area contributed by atoms with Crippen LogP contribution in [0.3, 0.4) is 0 Å². The second kappa shape index (κ2) is 5.19. The third-order valence-corrected chi connectivity index (χ3v) is 3.36. The zero-order valence-corrected chi connectivity index (χ0v) is 12.0. The molecule has 1 aromatic heterocycles. The number of H-pyrrole nitrogens is 1. The number of aromatic nitrogens is 3. The van der Waals surface area contributed by atoms with E-state index in [0.29, 0.717) is 12.5 Å². The van der Waals surface area contributed by atoms with Crippen LogP contribution in [0.25, 0.3) is 0 Å². The van der Waals surface area contributed by atoms with Crippen molar-refractivity contribution in [3.8, 4) is 0 Å². The lowest BCUT2D eigenvalue weighted by Gasteiger charge is -2.37. The summed E-state index contributed by atoms with van der Waals surface area (Å²) in [6.07, 6.45) is 3.33. The van der Waals surface area contributed by atoms with Gasteiger partial charge in [0.25, 0.3) is 0 Å². The smallest absolute Gasteiger partial charge is 0.410 e. The fourth-order valence-corrected chi connectivity index (χ4v) is 2.44. The summed E-state index contributed by atoms with van der Waals surface area (Å²) >= 11 is 0. The standard InChI is InChI=1S/C13H22N4O2/c1-9-7-10(11-8-14-16-15-11)5-6-17(9)12(18)19-13(2,3)4/h8-10H,5-7H2,1-4H3,(H,14,15,16)/t9-,10-/m0/s1. The fourth-order valence-electron chi connectivity index (χ4n) is 2.44. The molecule has 0 aliphatic carbocycles. The highest BCUT2D eigenvalue weighted by atomic mass is 16.6. The highest BCUT2D eigenvalue weighted by Gasteiger charge is 2.33. The zero-order valence-electron chi connectivity index (χ0n) is 12.0. The molecule has 1 aromatic rings. The van der Waals surface area contributed by atoms with E-state index in [1.807, 2.05) is 25.7 Å². The summed E-state index contributed by atoms with van der Waals surface area (Å²) in [6, 6.07) is 0.158. The summed E-state index contributed by atoms with van der Waals surface area (Å²) in [4.78, 5) is 13.9. The van der Waals surface area contributed by atoms with Gasteiger partial charge in [0.2, 0.25) is 0 Å². The average molecular weight is 266 g/mol. The van der Waals surface area contributed by atoms with Crippen molar-refractivity contribution in [3.05, 3.63) is 11.9 Å². The minimum Gasteiger partial charge on any atom is -0.444 e. The van der Waals surface area contributed by atoms with Crippen LogP contribution in [-0.4, -0.2) is 44.6 Å². The van der Waals surface area contributed by atoms with E-state index in [-0.39, 0.29) is 12.1 Å². The number of hydrogen-bond donors (Lipinski definition) is 1. The summed E-state index contributed by atoms with van der Waals surface area (Å²) in [5.41, 5.74) is 0.537. The number of piperidine rings is 1. The molecule has 0 aromatic carbocycles. The number of nitrogens with zero attached hydrogens (tertiary/aromatic N) is 3. The largest absolute Gasteiger partial charge is 0.444 e. The van der Waals surface area contributed by atoms with E-state index in [4.69, 9.17) is 4.74 Å². The van der Waals surface area contributed by atoms with Crippen molar-refractivity contribution in [2.75, 3.05) is 6.54 Å². The van der Waals surface area contributed by atoms with Gasteiger partial charge in [-0.25, -0.2) is 4.79 Å². The van der Waals surface area contributed by atoms with Crippen LogP contribution in [0, 0.1) is 0 Å². The number of carbonyl (C=O) groups is 1. The average Bonchev–Trinajstić information content (AvgIpc) is 2.79. The number of carbonyl (C=O) groups excluding carboxylic acids is 1. The van der Waals surface area contributed by atoms with Crippen molar-refractivity contribution in [1.29, 1.82) is 0 Å². The highest BCUT2D eigenvalue weighted by molar-refractivity contribution is 5.68. The molecule has 1 aliphatic rings. The summed E-state index contributed by atoms with van der Waals surface area (Å²) in [5.74, 6) is 0.368. The van der Waals surface area contributed by atoms with E-state index >= 15 is 0 Å². The van der Waals surface area contributed by atoms with Gasteiger partial charge in [-0.1, -0.05) is 0 Å². The number of likely N-dealkylation sites (tertiary alicyclic amines) is 1. The quantitative estimate of drug-likeness (QED) is 0.846. The van der Waals surface area contributed by atoms with Gasteiger partial charge in [-0.05, 0) is 40.5 Å². The minimum atomic E-state index is -0.445. The first-order chi connectivity index (χ1) is 8.87. The lowest BCUT2D eigenvalue weighted by molar-refractivity contribution is 0.0102. The SMILES string of the molecule is C[C@H]1C[C@@H](c2cn[nH]n2)CCN1C(=O)OC(C)(C)C. The lowest BCUT2D eigenvalue weighted by Crippen LogP contribution is -2.46. The van der Waals surface area contributed by atoms with Crippen molar-refractivity contribution in [2.45, 2.75) is 58.1 Å². The van der Waals surface area contributed by atoms with Crippen molar-refractivity contribution in [1.82, 2.24) is 20.3 Å². The van der Waals surface area contributed by atoms with Gasteiger partial charge in [0, 0.05) is 18.5 Å². The monoisotopic (exact) mass is 266 g/mol. The Bertz CT molecular complexity index is 424. The van der Waals surface area contributed by atoms with Gasteiger partial charge >= 0.3 is 6.09 Å². The van der Waals surface area contributed by atoms with Gasteiger partial charge in [0.1, 0.15) is 5.60 Å². The Kier molecular flexibility index (Phi) is 3.78. The lowest BCUT2D eigenvalue weighted by atomic mass is 9.90. The molecule has 6 nitrogen and oxygen atoms in total. The first-order valence-corrected chi connectivity index (χ1v) is 6.72. The molecule has 0 unspecified atom stereocenters. The normalized spacial score (nSPS) is 24.3. The number of amides is 1. The van der Waals surface area contributed by atoms with Crippen LogP contribution in [-0.2, 0) is 4.74 Å². The van der Waals surface area contributed by atoms with Gasteiger partial charge in [-0.15, -0.1) is 0 Å². The van der Waals surface area contributed by atoms with E-state index in [9.17, 15) is 4.79 Å². The number of rotatable bonds is 1. The summed E-state index contributed by atoms with van der Waals surface area (Å²) in [6.45, 7) is 8.41. The number of ether oxygens (including phenoxy) is 1. The van der Waals surface area contributed by atoms with Crippen molar-refractivity contribution in [3.63, 3.8) is 0 Å². The number of nitrogens with one attached hydrogen (secondary N) is 1. The molecular weight excluding hydrogens is 244 g/mol. The van der Waals surface area contributed by atoms with Crippen molar-refractivity contribution >= 4 is 6.09 Å². The summed E-state index contributed by atoms with van der Waals surface area (Å²) in [7, 11) is 0. The predicted molar refractivity (Wildman–Crippen MR) is 70.8 cm³/mol. The van der Waals surface area contributed by atoms with Crippen LogP contribution in [0.5, 0.6) is 0 Å². The number of aromatic amines is 1. The molecule has 106 valence electrons. The van der Waals surface area contributed by atoms with E-state index in [1.54, 1.807) is 6.20 Å². The first kappa shape index (κ1) is 13.8. The van der Waals surface area contributed by atoms with Gasteiger partial charge < -0.3 is 9.64 Å². The van der Waals surface area contributed by atoms with E-state index in [0.717, 1.165) is 18.5 Å². The van der Waals surface area contributed by atoms with Crippen LogP contribution in [0.4, 0.5) is 4.79 Å². The maximum atomic E-state index is 12.1. The maximum Gasteiger partial charge on any atom is 0.410 e. The van der Waals surface area contributed by atoms with Crippen LogP contribution in [0.15, 0.2) is 6.20 Å². The Morgan fingerprint density at radius 2 is 2.26 bits per heavy atom. The summed E-state index contributed by atoms with van der Waals surface area (Å²) in [5, 5.41) is 10.6. The number of hydrogen-bond acceptors (Lipinski definition) is 4. The molecule has 2 rings (SSSR count). The Morgan fingerprint density at radius 1 is 1.53 bits per heavy atom. The van der Waals surface area contributed by atoms with E-state index in [2.05, 4.69) is 22.3 Å². The Labute approximate surface area is 113 Å². The fraction of sp³-hybridized carbons (Fsp3) is 0.769. The summed E-state index contributed by atoms with van der Waals surface area (Å²) < 4.78 is 5.43. The van der Waals surface area contributed by atoms with Crippen molar-refractivity contribution in [2.24, 2.45) is 0 Å². The van der Waals surface area contributed by atoms with Crippen LogP contribution >= 0.6 is 0 Å². The molecule has 0 saturated carbocycles. The molecular formula is C13H22N4O2. The molecule has 1 N–H and O–H groups in total. The maximum absolute atomic E-state index is 12.1. The second-order valence-electron chi connectivity index (χ2n) is 6.14. The first-order valence-electron chi connectivity index (χ1n) is 6.72. The minimum absolute atomic E-state index is 0.158. The molecule has 0 bridgehead atoms. The van der Waals surface area contributed by atoms with Gasteiger partial charge in [0.15, 0.2) is 0 Å². The molecule has 2 heterocycles. The topological polar surface area (TPSA) is 71.1 Å². The predicted octanol–water partition coefficient (Wildman–Crippen LogP) is 2.31. The molecule has 0 radical (unpaired) electrons. The zero-order chi connectivity index (χ0) is 14.0. The Morgan fingerprint density at radius 3 is 2.79 bits per heavy atom. The van der Waals surface area contributed by atoms with Gasteiger partial charge in [-0.3, -0.25) is 0 Å². The van der Waals surface area contributed by atoms with Crippen molar-refractivity contribution < 1.29 is 9.53 Å². The molecule has 6 heteroatoms.